The van der Waals surface area contributed by atoms with Crippen molar-refractivity contribution in [1.29, 1.82) is 5.26 Å². The molecule has 19 heavy (non-hydrogen) atoms. The fraction of sp³-hybridized carbons (Fsp3) is 0.467. The van der Waals surface area contributed by atoms with E-state index < -0.39 is 0 Å². The molecule has 0 aliphatic rings. The highest BCUT2D eigenvalue weighted by atomic mass is 16.2. The predicted molar refractivity (Wildman–Crippen MR) is 76.6 cm³/mol. The Kier molecular flexibility index (Phi) is 5.37. The Balaban J connectivity index is 2.91. The molecule has 102 valence electrons. The lowest BCUT2D eigenvalue weighted by atomic mass is 10.1. The van der Waals surface area contributed by atoms with Crippen LogP contribution in [0.25, 0.3) is 0 Å². The highest BCUT2D eigenvalue weighted by molar-refractivity contribution is 5.95. The maximum absolute atomic E-state index is 12.4. The fourth-order valence-electron chi connectivity index (χ4n) is 1.86. The van der Waals surface area contributed by atoms with E-state index in [0.717, 1.165) is 5.56 Å². The number of carbonyl (C=O) groups excluding carboxylic acids is 1. The van der Waals surface area contributed by atoms with Crippen molar-refractivity contribution in [1.82, 2.24) is 4.90 Å². The summed E-state index contributed by atoms with van der Waals surface area (Å²) in [5.74, 6) is 0.307. The first-order valence-electron chi connectivity index (χ1n) is 6.48. The highest BCUT2D eigenvalue weighted by Crippen LogP contribution is 2.15. The van der Waals surface area contributed by atoms with Gasteiger partial charge in [-0.1, -0.05) is 19.9 Å². The lowest BCUT2D eigenvalue weighted by Crippen LogP contribution is -2.35. The van der Waals surface area contributed by atoms with Crippen LogP contribution in [0.15, 0.2) is 18.2 Å². The molecule has 1 amide bonds. The van der Waals surface area contributed by atoms with Gasteiger partial charge in [0.1, 0.15) is 0 Å². The van der Waals surface area contributed by atoms with Crippen LogP contribution in [0.2, 0.25) is 0 Å². The van der Waals surface area contributed by atoms with Crippen LogP contribution in [-0.2, 0) is 0 Å². The zero-order chi connectivity index (χ0) is 14.4. The second-order valence-corrected chi connectivity index (χ2v) is 5.12. The average Bonchev–Trinajstić information content (AvgIpc) is 2.36. The molecule has 0 atom stereocenters. The first kappa shape index (κ1) is 15.0. The number of amides is 1. The Morgan fingerprint density at radius 1 is 1.47 bits per heavy atom. The van der Waals surface area contributed by atoms with Gasteiger partial charge in [-0.2, -0.15) is 5.26 Å². The van der Waals surface area contributed by atoms with E-state index in [2.05, 4.69) is 19.9 Å². The van der Waals surface area contributed by atoms with Gasteiger partial charge >= 0.3 is 0 Å². The Labute approximate surface area is 114 Å². The zero-order valence-electron chi connectivity index (χ0n) is 11.8. The smallest absolute Gasteiger partial charge is 0.253 e. The van der Waals surface area contributed by atoms with E-state index in [0.29, 0.717) is 36.7 Å². The molecule has 4 nitrogen and oxygen atoms in total. The predicted octanol–water partition coefficient (Wildman–Crippen LogP) is 2.59. The second kappa shape index (κ2) is 6.79. The molecule has 4 heteroatoms. The maximum atomic E-state index is 12.4. The van der Waals surface area contributed by atoms with Gasteiger partial charge in [-0.15, -0.1) is 0 Å². The number of hydrogen-bond donors (Lipinski definition) is 1. The molecule has 0 radical (unpaired) electrons. The van der Waals surface area contributed by atoms with Crippen molar-refractivity contribution in [3.05, 3.63) is 29.3 Å². The summed E-state index contributed by atoms with van der Waals surface area (Å²) in [6, 6.07) is 7.42. The molecule has 0 bridgehead atoms. The number of anilines is 1. The summed E-state index contributed by atoms with van der Waals surface area (Å²) >= 11 is 0. The van der Waals surface area contributed by atoms with Gasteiger partial charge in [0, 0.05) is 24.3 Å². The minimum Gasteiger partial charge on any atom is -0.398 e. The molecule has 2 N–H and O–H groups in total. The summed E-state index contributed by atoms with van der Waals surface area (Å²) < 4.78 is 0. The minimum absolute atomic E-state index is 0.0596. The summed E-state index contributed by atoms with van der Waals surface area (Å²) in [7, 11) is 0. The van der Waals surface area contributed by atoms with Gasteiger partial charge in [-0.05, 0) is 30.5 Å². The van der Waals surface area contributed by atoms with Crippen LogP contribution in [-0.4, -0.2) is 23.9 Å². The van der Waals surface area contributed by atoms with Gasteiger partial charge in [0.2, 0.25) is 0 Å². The van der Waals surface area contributed by atoms with E-state index in [9.17, 15) is 4.79 Å². The van der Waals surface area contributed by atoms with Gasteiger partial charge in [-0.25, -0.2) is 0 Å². The number of hydrogen-bond acceptors (Lipinski definition) is 3. The van der Waals surface area contributed by atoms with Crippen LogP contribution in [0.1, 0.15) is 36.2 Å². The van der Waals surface area contributed by atoms with Gasteiger partial charge in [0.25, 0.3) is 5.91 Å². The number of aryl methyl sites for hydroxylation is 1. The molecule has 0 saturated carbocycles. The summed E-state index contributed by atoms with van der Waals surface area (Å²) in [5.41, 5.74) is 8.00. The molecule has 0 heterocycles. The quantitative estimate of drug-likeness (QED) is 0.826. The number of nitrogen functional groups attached to an aromatic ring is 1. The van der Waals surface area contributed by atoms with Crippen LogP contribution in [0.5, 0.6) is 0 Å². The molecule has 1 aromatic carbocycles. The average molecular weight is 259 g/mol. The first-order valence-corrected chi connectivity index (χ1v) is 6.48. The van der Waals surface area contributed by atoms with Crippen molar-refractivity contribution < 1.29 is 4.79 Å². The largest absolute Gasteiger partial charge is 0.398 e. The van der Waals surface area contributed by atoms with E-state index in [4.69, 9.17) is 11.0 Å². The number of carbonyl (C=O) groups is 1. The van der Waals surface area contributed by atoms with Crippen molar-refractivity contribution in [2.24, 2.45) is 5.92 Å². The second-order valence-electron chi connectivity index (χ2n) is 5.12. The Bertz CT molecular complexity index is 489. The zero-order valence-corrected chi connectivity index (χ0v) is 11.8. The number of rotatable bonds is 5. The molecule has 0 unspecified atom stereocenters. The molecular weight excluding hydrogens is 238 g/mol. The van der Waals surface area contributed by atoms with Gasteiger partial charge < -0.3 is 10.6 Å². The summed E-state index contributed by atoms with van der Waals surface area (Å²) in [6.45, 7) is 7.12. The van der Waals surface area contributed by atoms with Gasteiger partial charge in [-0.3, -0.25) is 4.79 Å². The molecule has 0 aliphatic heterocycles. The molecule has 0 spiro atoms. The topological polar surface area (TPSA) is 70.1 Å². The number of benzene rings is 1. The third-order valence-electron chi connectivity index (χ3n) is 2.89. The molecule has 0 fully saturated rings. The van der Waals surface area contributed by atoms with E-state index in [1.807, 2.05) is 13.0 Å². The Morgan fingerprint density at radius 2 is 2.16 bits per heavy atom. The highest BCUT2D eigenvalue weighted by Gasteiger charge is 2.17. The van der Waals surface area contributed by atoms with Crippen LogP contribution >= 0.6 is 0 Å². The third-order valence-corrected chi connectivity index (χ3v) is 2.89. The van der Waals surface area contributed by atoms with E-state index in [1.54, 1.807) is 17.0 Å². The molecule has 0 aliphatic carbocycles. The number of nitriles is 1. The molecule has 0 aromatic heterocycles. The lowest BCUT2D eigenvalue weighted by Gasteiger charge is -2.24. The van der Waals surface area contributed by atoms with Crippen molar-refractivity contribution in [3.8, 4) is 6.07 Å². The standard InChI is InChI=1S/C15H21N3O/c1-11(2)10-18(8-4-7-16)15(19)13-6-5-12(3)14(17)9-13/h5-6,9,11H,4,8,10,17H2,1-3H3. The molecular formula is C15H21N3O. The van der Waals surface area contributed by atoms with Crippen molar-refractivity contribution in [3.63, 3.8) is 0 Å². The van der Waals surface area contributed by atoms with Crippen LogP contribution in [0, 0.1) is 24.2 Å². The van der Waals surface area contributed by atoms with Crippen molar-refractivity contribution in [2.45, 2.75) is 27.2 Å². The number of nitrogens with zero attached hydrogens (tertiary/aromatic N) is 2. The van der Waals surface area contributed by atoms with Crippen LogP contribution in [0.3, 0.4) is 0 Å². The normalized spacial score (nSPS) is 10.3. The number of nitrogens with two attached hydrogens (primary N) is 1. The fourth-order valence-corrected chi connectivity index (χ4v) is 1.86. The molecule has 1 aromatic rings. The Morgan fingerprint density at radius 3 is 2.68 bits per heavy atom. The third kappa shape index (κ3) is 4.29. The Hall–Kier alpha value is -2.02. The SMILES string of the molecule is Cc1ccc(C(=O)N(CCC#N)CC(C)C)cc1N. The first-order chi connectivity index (χ1) is 8.95. The van der Waals surface area contributed by atoms with Crippen LogP contribution < -0.4 is 5.73 Å². The summed E-state index contributed by atoms with van der Waals surface area (Å²) in [4.78, 5) is 14.1. The summed E-state index contributed by atoms with van der Waals surface area (Å²) in [6.07, 6.45) is 0.347. The van der Waals surface area contributed by atoms with E-state index in [-0.39, 0.29) is 5.91 Å². The van der Waals surface area contributed by atoms with E-state index in [1.165, 1.54) is 0 Å². The molecule has 0 saturated heterocycles. The van der Waals surface area contributed by atoms with Crippen molar-refractivity contribution >= 4 is 11.6 Å². The van der Waals surface area contributed by atoms with E-state index >= 15 is 0 Å². The minimum atomic E-state index is -0.0596. The summed E-state index contributed by atoms with van der Waals surface area (Å²) in [5, 5.41) is 8.67. The van der Waals surface area contributed by atoms with Crippen LogP contribution in [0.4, 0.5) is 5.69 Å². The van der Waals surface area contributed by atoms with Gasteiger partial charge in [0.15, 0.2) is 0 Å². The lowest BCUT2D eigenvalue weighted by molar-refractivity contribution is 0.0740. The van der Waals surface area contributed by atoms with Gasteiger partial charge in [0.05, 0.1) is 12.5 Å². The maximum Gasteiger partial charge on any atom is 0.253 e. The monoisotopic (exact) mass is 259 g/mol. The molecule has 1 rings (SSSR count). The van der Waals surface area contributed by atoms with Crippen molar-refractivity contribution in [2.75, 3.05) is 18.8 Å².